The van der Waals surface area contributed by atoms with Gasteiger partial charge < -0.3 is 19.4 Å². The van der Waals surface area contributed by atoms with Gasteiger partial charge in [-0.2, -0.15) is 0 Å². The van der Waals surface area contributed by atoms with Crippen molar-refractivity contribution in [2.24, 2.45) is 5.41 Å². The minimum atomic E-state index is -0.903. The normalized spacial score (nSPS) is 18.9. The van der Waals surface area contributed by atoms with E-state index in [1.807, 2.05) is 81.6 Å². The minimum Gasteiger partial charge on any atom is -0.347 e. The first-order chi connectivity index (χ1) is 21.7. The summed E-state index contributed by atoms with van der Waals surface area (Å²) in [4.78, 5) is 62.3. The Balaban J connectivity index is 1.60. The lowest BCUT2D eigenvalue weighted by molar-refractivity contribution is -0.225. The Morgan fingerprint density at radius 3 is 1.96 bits per heavy atom. The van der Waals surface area contributed by atoms with Gasteiger partial charge in [0.15, 0.2) is 6.23 Å². The van der Waals surface area contributed by atoms with E-state index in [4.69, 9.17) is 4.74 Å². The van der Waals surface area contributed by atoms with Crippen LogP contribution in [0, 0.1) is 5.41 Å². The molecule has 2 saturated heterocycles. The van der Waals surface area contributed by atoms with E-state index in [1.54, 1.807) is 16.7 Å². The summed E-state index contributed by atoms with van der Waals surface area (Å²) in [5.41, 5.74) is 0.799. The van der Waals surface area contributed by atoms with Crippen molar-refractivity contribution >= 4 is 23.6 Å². The van der Waals surface area contributed by atoms with Crippen molar-refractivity contribution in [1.29, 1.82) is 0 Å². The van der Waals surface area contributed by atoms with Crippen LogP contribution in [0.4, 0.5) is 0 Å². The van der Waals surface area contributed by atoms with Gasteiger partial charge in [0.25, 0.3) is 5.91 Å². The lowest BCUT2D eigenvalue weighted by Crippen LogP contribution is -2.73. The molecular weight excluding hydrogens is 568 g/mol. The number of rotatable bonds is 14. The predicted molar refractivity (Wildman–Crippen MR) is 174 cm³/mol. The number of unbranched alkanes of at least 4 members (excludes halogenated alkanes) is 2. The molecule has 0 spiro atoms. The van der Waals surface area contributed by atoms with Crippen LogP contribution in [-0.2, 0) is 23.9 Å². The summed E-state index contributed by atoms with van der Waals surface area (Å²) in [5.74, 6) is -1.70. The monoisotopic (exact) mass is 618 g/mol. The van der Waals surface area contributed by atoms with E-state index < -0.39 is 29.5 Å². The van der Waals surface area contributed by atoms with Crippen LogP contribution in [0.15, 0.2) is 60.7 Å². The van der Waals surface area contributed by atoms with Crippen LogP contribution in [0.5, 0.6) is 0 Å². The number of imide groups is 1. The number of β-lactam (4-membered cyclic amide) rings is 1. The van der Waals surface area contributed by atoms with Gasteiger partial charge in [0.1, 0.15) is 12.6 Å². The van der Waals surface area contributed by atoms with Crippen molar-refractivity contribution in [3.8, 4) is 0 Å². The summed E-state index contributed by atoms with van der Waals surface area (Å²) >= 11 is 0. The van der Waals surface area contributed by atoms with Crippen LogP contribution in [0.1, 0.15) is 76.8 Å². The minimum absolute atomic E-state index is 0.145. The standard InChI is InChI=1S/C36H50N4O5/c1-6-9-16-21-39(33(43)31(28-17-12-10-13-18-28)29-19-14-11-15-20-29)27(4)32(42)40-34(44)36(7-2,8-3)35(40)45-26-30(41)38-24-22-37(5)23-25-38/h10-15,17-20,27,31,35H,6-9,16,21-26H2,1-5H3. The van der Waals surface area contributed by atoms with Crippen LogP contribution in [0.2, 0.25) is 0 Å². The number of benzene rings is 2. The molecule has 2 unspecified atom stereocenters. The van der Waals surface area contributed by atoms with Crippen molar-refractivity contribution in [3.05, 3.63) is 71.8 Å². The summed E-state index contributed by atoms with van der Waals surface area (Å²) < 4.78 is 6.17. The van der Waals surface area contributed by atoms with Gasteiger partial charge in [-0.25, -0.2) is 0 Å². The number of hydrogen-bond acceptors (Lipinski definition) is 6. The van der Waals surface area contributed by atoms with E-state index in [2.05, 4.69) is 11.8 Å². The van der Waals surface area contributed by atoms with Gasteiger partial charge in [-0.15, -0.1) is 0 Å². The van der Waals surface area contributed by atoms with Crippen molar-refractivity contribution < 1.29 is 23.9 Å². The highest BCUT2D eigenvalue weighted by molar-refractivity contribution is 6.06. The van der Waals surface area contributed by atoms with Crippen molar-refractivity contribution in [2.45, 2.75) is 78.0 Å². The lowest BCUT2D eigenvalue weighted by atomic mass is 9.71. The quantitative estimate of drug-likeness (QED) is 0.229. The third-order valence-electron chi connectivity index (χ3n) is 9.70. The second kappa shape index (κ2) is 15.6. The highest BCUT2D eigenvalue weighted by atomic mass is 16.5. The third kappa shape index (κ3) is 7.31. The van der Waals surface area contributed by atoms with Gasteiger partial charge in [0.05, 0.1) is 11.3 Å². The molecule has 0 bridgehead atoms. The van der Waals surface area contributed by atoms with Crippen molar-refractivity contribution in [3.63, 3.8) is 0 Å². The lowest BCUT2D eigenvalue weighted by Gasteiger charge is -2.54. The molecule has 2 atom stereocenters. The second-order valence-corrected chi connectivity index (χ2v) is 12.4. The fraction of sp³-hybridized carbons (Fsp3) is 0.556. The Hall–Kier alpha value is -3.56. The topological polar surface area (TPSA) is 90.5 Å². The number of piperazine rings is 1. The molecule has 4 rings (SSSR count). The zero-order chi connectivity index (χ0) is 32.6. The van der Waals surface area contributed by atoms with Gasteiger partial charge in [0, 0.05) is 32.7 Å². The molecule has 2 aliphatic rings. The first-order valence-corrected chi connectivity index (χ1v) is 16.6. The molecule has 0 N–H and O–H groups in total. The number of likely N-dealkylation sites (N-methyl/N-ethyl adjacent to an activating group) is 1. The first-order valence-electron chi connectivity index (χ1n) is 16.6. The van der Waals surface area contributed by atoms with Crippen molar-refractivity contribution in [1.82, 2.24) is 19.6 Å². The molecule has 2 fully saturated rings. The van der Waals surface area contributed by atoms with Crippen LogP contribution >= 0.6 is 0 Å². The van der Waals surface area contributed by atoms with E-state index in [9.17, 15) is 19.2 Å². The van der Waals surface area contributed by atoms with E-state index >= 15 is 0 Å². The fourth-order valence-electron chi connectivity index (χ4n) is 6.58. The van der Waals surface area contributed by atoms with Gasteiger partial charge in [-0.1, -0.05) is 94.3 Å². The molecule has 2 aromatic carbocycles. The Bertz CT molecular complexity index is 1250. The first kappa shape index (κ1) is 34.3. The molecule has 0 aliphatic carbocycles. The highest BCUT2D eigenvalue weighted by Crippen LogP contribution is 2.46. The maximum Gasteiger partial charge on any atom is 0.253 e. The Morgan fingerprint density at radius 2 is 1.44 bits per heavy atom. The maximum absolute atomic E-state index is 14.5. The Kier molecular flexibility index (Phi) is 11.9. The molecule has 4 amide bonds. The number of ether oxygens (including phenoxy) is 1. The van der Waals surface area contributed by atoms with Crippen LogP contribution in [-0.4, -0.2) is 102 Å². The molecule has 0 saturated carbocycles. The zero-order valence-corrected chi connectivity index (χ0v) is 27.6. The Labute approximate surface area is 268 Å². The number of carbonyl (C=O) groups is 4. The SMILES string of the molecule is CCCCCN(C(=O)C(c1ccccc1)c1ccccc1)C(C)C(=O)N1C(=O)C(CC)(CC)C1OCC(=O)N1CCN(C)CC1. The molecule has 2 heterocycles. The van der Waals surface area contributed by atoms with Gasteiger partial charge in [-0.05, 0) is 44.4 Å². The smallest absolute Gasteiger partial charge is 0.253 e. The molecule has 0 aromatic heterocycles. The van der Waals surface area contributed by atoms with E-state index in [1.165, 1.54) is 4.90 Å². The number of hydrogen-bond donors (Lipinski definition) is 0. The number of nitrogens with zero attached hydrogens (tertiary/aromatic N) is 4. The molecule has 9 nitrogen and oxygen atoms in total. The molecular formula is C36H50N4O5. The molecule has 2 aromatic rings. The summed E-state index contributed by atoms with van der Waals surface area (Å²) in [6.45, 7) is 10.6. The van der Waals surface area contributed by atoms with Gasteiger partial charge in [-0.3, -0.25) is 24.1 Å². The van der Waals surface area contributed by atoms with Gasteiger partial charge >= 0.3 is 0 Å². The van der Waals surface area contributed by atoms with Crippen molar-refractivity contribution in [2.75, 3.05) is 46.4 Å². The number of likely N-dealkylation sites (tertiary alicyclic amines) is 1. The largest absolute Gasteiger partial charge is 0.347 e. The van der Waals surface area contributed by atoms with Crippen LogP contribution in [0.25, 0.3) is 0 Å². The molecule has 2 aliphatic heterocycles. The summed E-state index contributed by atoms with van der Waals surface area (Å²) in [6, 6.07) is 18.3. The Morgan fingerprint density at radius 1 is 0.889 bits per heavy atom. The molecule has 0 radical (unpaired) electrons. The highest BCUT2D eigenvalue weighted by Gasteiger charge is 2.62. The molecule has 45 heavy (non-hydrogen) atoms. The summed E-state index contributed by atoms with van der Waals surface area (Å²) in [7, 11) is 2.03. The number of amides is 4. The zero-order valence-electron chi connectivity index (χ0n) is 27.6. The average molecular weight is 619 g/mol. The van der Waals surface area contributed by atoms with E-state index in [0.717, 1.165) is 43.5 Å². The second-order valence-electron chi connectivity index (χ2n) is 12.4. The van der Waals surface area contributed by atoms with Crippen LogP contribution < -0.4 is 0 Å². The fourth-order valence-corrected chi connectivity index (χ4v) is 6.58. The average Bonchev–Trinajstić information content (AvgIpc) is 3.06. The van der Waals surface area contributed by atoms with Gasteiger partial charge in [0.2, 0.25) is 17.7 Å². The molecule has 244 valence electrons. The summed E-state index contributed by atoms with van der Waals surface area (Å²) in [6.07, 6.45) is 2.70. The predicted octanol–water partition coefficient (Wildman–Crippen LogP) is 4.52. The molecule has 9 heteroatoms. The van der Waals surface area contributed by atoms with Crippen LogP contribution in [0.3, 0.4) is 0 Å². The van der Waals surface area contributed by atoms with E-state index in [0.29, 0.717) is 32.5 Å². The maximum atomic E-state index is 14.5. The third-order valence-corrected chi connectivity index (χ3v) is 9.70. The van der Waals surface area contributed by atoms with E-state index in [-0.39, 0.29) is 24.3 Å². The number of carbonyl (C=O) groups excluding carboxylic acids is 4. The summed E-state index contributed by atoms with van der Waals surface area (Å²) in [5, 5.41) is 0.